The fourth-order valence-electron chi connectivity index (χ4n) is 3.37. The summed E-state index contributed by atoms with van der Waals surface area (Å²) < 4.78 is 32.8. The van der Waals surface area contributed by atoms with Crippen molar-refractivity contribution in [2.75, 3.05) is 17.2 Å². The van der Waals surface area contributed by atoms with Crippen LogP contribution in [0.2, 0.25) is 0 Å². The molecule has 7 nitrogen and oxygen atoms in total. The number of rotatable bonds is 8. The Bertz CT molecular complexity index is 1080. The summed E-state index contributed by atoms with van der Waals surface area (Å²) in [7, 11) is 0. The maximum atomic E-state index is 14.1. The van der Waals surface area contributed by atoms with Crippen molar-refractivity contribution in [3.8, 4) is 0 Å². The highest BCUT2D eigenvalue weighted by molar-refractivity contribution is 6.01. The van der Waals surface area contributed by atoms with Gasteiger partial charge in [0.05, 0.1) is 17.8 Å². The Balaban J connectivity index is 1.43. The van der Waals surface area contributed by atoms with E-state index in [1.165, 1.54) is 31.2 Å². The molecule has 0 unspecified atom stereocenters. The summed E-state index contributed by atoms with van der Waals surface area (Å²) in [5, 5.41) is 4.80. The SMILES string of the molecule is CC(=O)Nc1cc(CCC(=O)OCCC(=O)Nc2cc3c(cc2F)C(=O)CC3)ccc1F. The van der Waals surface area contributed by atoms with Crippen molar-refractivity contribution in [3.63, 3.8) is 0 Å². The van der Waals surface area contributed by atoms with Crippen molar-refractivity contribution < 1.29 is 32.7 Å². The lowest BCUT2D eigenvalue weighted by molar-refractivity contribution is -0.144. The van der Waals surface area contributed by atoms with Crippen molar-refractivity contribution in [1.82, 2.24) is 0 Å². The predicted molar refractivity (Wildman–Crippen MR) is 112 cm³/mol. The molecule has 168 valence electrons. The van der Waals surface area contributed by atoms with E-state index in [1.807, 2.05) is 0 Å². The van der Waals surface area contributed by atoms with Gasteiger partial charge in [-0.3, -0.25) is 19.2 Å². The molecule has 1 aliphatic carbocycles. The molecule has 2 aromatic carbocycles. The lowest BCUT2D eigenvalue weighted by atomic mass is 10.1. The molecule has 9 heteroatoms. The molecule has 0 saturated heterocycles. The van der Waals surface area contributed by atoms with Crippen LogP contribution in [0.4, 0.5) is 20.2 Å². The van der Waals surface area contributed by atoms with Crippen LogP contribution < -0.4 is 10.6 Å². The number of hydrogen-bond acceptors (Lipinski definition) is 5. The van der Waals surface area contributed by atoms with E-state index in [9.17, 15) is 28.0 Å². The Morgan fingerprint density at radius 1 is 0.969 bits per heavy atom. The molecule has 1 aliphatic rings. The van der Waals surface area contributed by atoms with Crippen LogP contribution in [0.5, 0.6) is 0 Å². The van der Waals surface area contributed by atoms with E-state index in [2.05, 4.69) is 10.6 Å². The van der Waals surface area contributed by atoms with Crippen LogP contribution in [0.1, 0.15) is 47.7 Å². The van der Waals surface area contributed by atoms with Gasteiger partial charge in [0.15, 0.2) is 5.78 Å². The Morgan fingerprint density at radius 2 is 1.72 bits per heavy atom. The van der Waals surface area contributed by atoms with E-state index >= 15 is 0 Å². The number of aryl methyl sites for hydroxylation is 2. The zero-order valence-electron chi connectivity index (χ0n) is 17.4. The van der Waals surface area contributed by atoms with Gasteiger partial charge in [0.2, 0.25) is 11.8 Å². The van der Waals surface area contributed by atoms with E-state index in [0.717, 1.165) is 6.07 Å². The van der Waals surface area contributed by atoms with Crippen LogP contribution >= 0.6 is 0 Å². The number of amides is 2. The summed E-state index contributed by atoms with van der Waals surface area (Å²) in [6.07, 6.45) is 0.936. The van der Waals surface area contributed by atoms with Crippen LogP contribution in [-0.2, 0) is 32.0 Å². The molecular weight excluding hydrogens is 422 g/mol. The minimum absolute atomic E-state index is 0.000240. The first-order chi connectivity index (χ1) is 15.2. The molecule has 3 rings (SSSR count). The van der Waals surface area contributed by atoms with Gasteiger partial charge in [-0.25, -0.2) is 8.78 Å². The predicted octanol–water partition coefficient (Wildman–Crippen LogP) is 3.56. The van der Waals surface area contributed by atoms with Crippen molar-refractivity contribution >= 4 is 34.9 Å². The molecular formula is C23H22F2N2O5. The van der Waals surface area contributed by atoms with Gasteiger partial charge in [0.25, 0.3) is 0 Å². The summed E-state index contributed by atoms with van der Waals surface area (Å²) >= 11 is 0. The third-order valence-electron chi connectivity index (χ3n) is 4.94. The quantitative estimate of drug-likeness (QED) is 0.607. The summed E-state index contributed by atoms with van der Waals surface area (Å²) in [5.41, 5.74) is 1.69. The third kappa shape index (κ3) is 5.96. The van der Waals surface area contributed by atoms with E-state index in [0.29, 0.717) is 29.5 Å². The van der Waals surface area contributed by atoms with Crippen LogP contribution in [0.3, 0.4) is 0 Å². The number of ether oxygens (including phenoxy) is 1. The Kier molecular flexibility index (Phi) is 7.29. The minimum Gasteiger partial charge on any atom is -0.465 e. The molecule has 0 aromatic heterocycles. The topological polar surface area (TPSA) is 102 Å². The Labute approximate surface area is 183 Å². The number of ketones is 1. The monoisotopic (exact) mass is 444 g/mol. The van der Waals surface area contributed by atoms with Crippen molar-refractivity contribution in [2.45, 2.75) is 39.0 Å². The highest BCUT2D eigenvalue weighted by Crippen LogP contribution is 2.27. The molecule has 0 heterocycles. The minimum atomic E-state index is -0.692. The molecule has 32 heavy (non-hydrogen) atoms. The summed E-state index contributed by atoms with van der Waals surface area (Å²) in [4.78, 5) is 46.7. The molecule has 2 N–H and O–H groups in total. The lowest BCUT2D eigenvalue weighted by Gasteiger charge is -2.10. The number of carbonyl (C=O) groups is 4. The Hall–Kier alpha value is -3.62. The largest absolute Gasteiger partial charge is 0.465 e. The van der Waals surface area contributed by atoms with Crippen LogP contribution in [0.25, 0.3) is 0 Å². The van der Waals surface area contributed by atoms with Gasteiger partial charge in [-0.05, 0) is 48.2 Å². The van der Waals surface area contributed by atoms with Crippen molar-refractivity contribution in [2.24, 2.45) is 0 Å². The van der Waals surface area contributed by atoms with Crippen LogP contribution in [0, 0.1) is 11.6 Å². The Morgan fingerprint density at radius 3 is 2.47 bits per heavy atom. The number of carbonyl (C=O) groups excluding carboxylic acids is 4. The molecule has 0 aliphatic heterocycles. The number of benzene rings is 2. The number of nitrogens with one attached hydrogen (secondary N) is 2. The van der Waals surface area contributed by atoms with Gasteiger partial charge in [0.1, 0.15) is 18.2 Å². The average Bonchev–Trinajstić information content (AvgIpc) is 3.08. The zero-order chi connectivity index (χ0) is 23.3. The van der Waals surface area contributed by atoms with Gasteiger partial charge in [0, 0.05) is 25.3 Å². The van der Waals surface area contributed by atoms with Crippen molar-refractivity contribution in [1.29, 1.82) is 0 Å². The second-order valence-corrected chi connectivity index (χ2v) is 7.43. The third-order valence-corrected chi connectivity index (χ3v) is 4.94. The number of hydrogen-bond donors (Lipinski definition) is 2. The number of Topliss-reactive ketones (excluding diaryl/α,β-unsaturated/α-hetero) is 1. The fourth-order valence-corrected chi connectivity index (χ4v) is 3.37. The first kappa shape index (κ1) is 23.1. The van der Waals surface area contributed by atoms with E-state index in [-0.39, 0.29) is 43.0 Å². The molecule has 0 fully saturated rings. The number of halogens is 2. The first-order valence-corrected chi connectivity index (χ1v) is 10.1. The fraction of sp³-hybridized carbons (Fsp3) is 0.304. The summed E-state index contributed by atoms with van der Waals surface area (Å²) in [5.74, 6) is -2.88. The van der Waals surface area contributed by atoms with E-state index in [4.69, 9.17) is 4.74 Å². The van der Waals surface area contributed by atoms with Crippen LogP contribution in [-0.4, -0.2) is 30.2 Å². The van der Waals surface area contributed by atoms with Gasteiger partial charge in [-0.15, -0.1) is 0 Å². The van der Waals surface area contributed by atoms with Gasteiger partial charge >= 0.3 is 5.97 Å². The second kappa shape index (κ2) is 10.1. The van der Waals surface area contributed by atoms with Crippen LogP contribution in [0.15, 0.2) is 30.3 Å². The highest BCUT2D eigenvalue weighted by atomic mass is 19.1. The van der Waals surface area contributed by atoms with Crippen molar-refractivity contribution in [3.05, 3.63) is 58.7 Å². The molecule has 0 atom stereocenters. The van der Waals surface area contributed by atoms with Gasteiger partial charge < -0.3 is 15.4 Å². The standard InChI is InChI=1S/C23H22F2N2O5/c1-13(28)26-19-10-14(2-5-17(19)24)3-7-23(31)32-9-8-22(30)27-20-11-15-4-6-21(29)16(15)12-18(20)25/h2,5,10-12H,3-4,6-9H2,1H3,(H,26,28)(H,27,30). The normalized spacial score (nSPS) is 12.3. The van der Waals surface area contributed by atoms with E-state index in [1.54, 1.807) is 0 Å². The number of esters is 1. The smallest absolute Gasteiger partial charge is 0.306 e. The first-order valence-electron chi connectivity index (χ1n) is 10.1. The van der Waals surface area contributed by atoms with Gasteiger partial charge in [-0.1, -0.05) is 6.07 Å². The maximum absolute atomic E-state index is 14.1. The summed E-state index contributed by atoms with van der Waals surface area (Å²) in [6.45, 7) is 1.08. The number of fused-ring (bicyclic) bond motifs is 1. The van der Waals surface area contributed by atoms with Gasteiger partial charge in [-0.2, -0.15) is 0 Å². The molecule has 0 bridgehead atoms. The highest BCUT2D eigenvalue weighted by Gasteiger charge is 2.22. The molecule has 0 saturated carbocycles. The number of anilines is 2. The molecule has 2 aromatic rings. The zero-order valence-corrected chi connectivity index (χ0v) is 17.4. The molecule has 0 radical (unpaired) electrons. The average molecular weight is 444 g/mol. The summed E-state index contributed by atoms with van der Waals surface area (Å²) in [6, 6.07) is 6.73. The molecule has 2 amide bonds. The second-order valence-electron chi connectivity index (χ2n) is 7.43. The van der Waals surface area contributed by atoms with E-state index < -0.39 is 29.4 Å². The lowest BCUT2D eigenvalue weighted by Crippen LogP contribution is -2.17. The maximum Gasteiger partial charge on any atom is 0.306 e. The molecule has 0 spiro atoms.